The summed E-state index contributed by atoms with van der Waals surface area (Å²) in [7, 11) is 1.98. The Morgan fingerprint density at radius 3 is 2.67 bits per heavy atom. The number of likely N-dealkylation sites (N-methyl/N-ethyl adjacent to an activating group) is 1. The second-order valence-corrected chi connectivity index (χ2v) is 4.14. The van der Waals surface area contributed by atoms with Crippen LogP contribution in [0.25, 0.3) is 6.08 Å². The number of nitrogens with zero attached hydrogens (tertiary/aromatic N) is 1. The van der Waals surface area contributed by atoms with Gasteiger partial charge in [-0.15, -0.1) is 0 Å². The molecule has 0 saturated carbocycles. The van der Waals surface area contributed by atoms with Gasteiger partial charge < -0.3 is 5.32 Å². The zero-order valence-corrected chi connectivity index (χ0v) is 10.0. The van der Waals surface area contributed by atoms with Gasteiger partial charge in [-0.25, -0.2) is 0 Å². The molecule has 1 heterocycles. The van der Waals surface area contributed by atoms with Crippen LogP contribution < -0.4 is 5.32 Å². The SMILES string of the molecule is CNC/C(=C/c1ccc(C)nc1)C(C)C. The molecule has 0 aliphatic carbocycles. The Kier molecular flexibility index (Phi) is 4.50. The van der Waals surface area contributed by atoms with Crippen molar-refractivity contribution in [1.29, 1.82) is 0 Å². The molecule has 0 bridgehead atoms. The van der Waals surface area contributed by atoms with E-state index >= 15 is 0 Å². The molecule has 0 unspecified atom stereocenters. The second-order valence-electron chi connectivity index (χ2n) is 4.14. The van der Waals surface area contributed by atoms with Crippen LogP contribution in [-0.2, 0) is 0 Å². The van der Waals surface area contributed by atoms with E-state index < -0.39 is 0 Å². The molecule has 0 radical (unpaired) electrons. The minimum atomic E-state index is 0.568. The normalized spacial score (nSPS) is 12.2. The predicted octanol–water partition coefficient (Wildman–Crippen LogP) is 2.65. The summed E-state index contributed by atoms with van der Waals surface area (Å²) in [4.78, 5) is 4.29. The highest BCUT2D eigenvalue weighted by molar-refractivity contribution is 5.52. The van der Waals surface area contributed by atoms with E-state index in [2.05, 4.69) is 36.3 Å². The van der Waals surface area contributed by atoms with Crippen molar-refractivity contribution in [3.63, 3.8) is 0 Å². The van der Waals surface area contributed by atoms with Crippen molar-refractivity contribution in [1.82, 2.24) is 10.3 Å². The molecule has 0 saturated heterocycles. The van der Waals surface area contributed by atoms with Crippen molar-refractivity contribution in [3.05, 3.63) is 35.2 Å². The Balaban J connectivity index is 2.86. The van der Waals surface area contributed by atoms with E-state index in [1.54, 1.807) is 0 Å². The average molecular weight is 204 g/mol. The zero-order chi connectivity index (χ0) is 11.3. The number of aromatic nitrogens is 1. The molecule has 2 heteroatoms. The largest absolute Gasteiger partial charge is 0.316 e. The molecule has 15 heavy (non-hydrogen) atoms. The van der Waals surface area contributed by atoms with E-state index in [0.717, 1.165) is 12.2 Å². The lowest BCUT2D eigenvalue weighted by Gasteiger charge is -2.10. The van der Waals surface area contributed by atoms with Crippen LogP contribution >= 0.6 is 0 Å². The highest BCUT2D eigenvalue weighted by Crippen LogP contribution is 2.13. The van der Waals surface area contributed by atoms with Gasteiger partial charge in [0.05, 0.1) is 0 Å². The molecule has 1 aromatic heterocycles. The Morgan fingerprint density at radius 2 is 2.20 bits per heavy atom. The number of aryl methyl sites for hydroxylation is 1. The van der Waals surface area contributed by atoms with Crippen LogP contribution in [0.2, 0.25) is 0 Å². The van der Waals surface area contributed by atoms with Gasteiger partial charge in [0, 0.05) is 18.4 Å². The van der Waals surface area contributed by atoms with Crippen LogP contribution in [0.1, 0.15) is 25.1 Å². The van der Waals surface area contributed by atoms with Gasteiger partial charge in [-0.3, -0.25) is 4.98 Å². The fourth-order valence-electron chi connectivity index (χ4n) is 1.40. The maximum atomic E-state index is 4.29. The van der Waals surface area contributed by atoms with E-state index in [-0.39, 0.29) is 0 Å². The summed E-state index contributed by atoms with van der Waals surface area (Å²) in [5, 5.41) is 3.19. The third-order valence-corrected chi connectivity index (χ3v) is 2.41. The fraction of sp³-hybridized carbons (Fsp3) is 0.462. The van der Waals surface area contributed by atoms with Crippen molar-refractivity contribution in [2.24, 2.45) is 5.92 Å². The molecule has 0 atom stereocenters. The molecule has 0 aliphatic heterocycles. The molecule has 1 rings (SSSR count). The van der Waals surface area contributed by atoms with Crippen LogP contribution in [-0.4, -0.2) is 18.6 Å². The highest BCUT2D eigenvalue weighted by Gasteiger charge is 2.02. The van der Waals surface area contributed by atoms with Gasteiger partial charge >= 0.3 is 0 Å². The molecule has 1 N–H and O–H groups in total. The number of hydrogen-bond acceptors (Lipinski definition) is 2. The van der Waals surface area contributed by atoms with Gasteiger partial charge in [0.1, 0.15) is 0 Å². The summed E-state index contributed by atoms with van der Waals surface area (Å²) >= 11 is 0. The van der Waals surface area contributed by atoms with Crippen molar-refractivity contribution >= 4 is 6.08 Å². The highest BCUT2D eigenvalue weighted by atomic mass is 14.8. The first-order valence-corrected chi connectivity index (χ1v) is 5.41. The Bertz CT molecular complexity index is 323. The van der Waals surface area contributed by atoms with Gasteiger partial charge in [-0.1, -0.05) is 31.6 Å². The predicted molar refractivity (Wildman–Crippen MR) is 65.7 cm³/mol. The summed E-state index contributed by atoms with van der Waals surface area (Å²) in [5.74, 6) is 0.568. The van der Waals surface area contributed by atoms with Gasteiger partial charge in [0.2, 0.25) is 0 Å². The Morgan fingerprint density at radius 1 is 1.47 bits per heavy atom. The van der Waals surface area contributed by atoms with Gasteiger partial charge in [-0.05, 0) is 31.5 Å². The lowest BCUT2D eigenvalue weighted by atomic mass is 10.0. The summed E-state index contributed by atoms with van der Waals surface area (Å²) in [6.45, 7) is 7.37. The van der Waals surface area contributed by atoms with Crippen LogP contribution in [0.3, 0.4) is 0 Å². The number of rotatable bonds is 4. The number of hydrogen-bond donors (Lipinski definition) is 1. The first-order chi connectivity index (χ1) is 7.13. The number of nitrogens with one attached hydrogen (secondary N) is 1. The van der Waals surface area contributed by atoms with Crippen molar-refractivity contribution in [2.45, 2.75) is 20.8 Å². The zero-order valence-electron chi connectivity index (χ0n) is 10.0. The van der Waals surface area contributed by atoms with E-state index in [0.29, 0.717) is 5.92 Å². The summed E-state index contributed by atoms with van der Waals surface area (Å²) in [6.07, 6.45) is 4.14. The quantitative estimate of drug-likeness (QED) is 0.815. The fourth-order valence-corrected chi connectivity index (χ4v) is 1.40. The smallest absolute Gasteiger partial charge is 0.0373 e. The van der Waals surface area contributed by atoms with Crippen LogP contribution in [0, 0.1) is 12.8 Å². The lowest BCUT2D eigenvalue weighted by molar-refractivity contribution is 0.713. The summed E-state index contributed by atoms with van der Waals surface area (Å²) in [5.41, 5.74) is 3.65. The minimum absolute atomic E-state index is 0.568. The first kappa shape index (κ1) is 11.9. The molecule has 1 aromatic rings. The standard InChI is InChI=1S/C13H20N2/c1-10(2)13(9-14-4)7-12-6-5-11(3)15-8-12/h5-8,10,14H,9H2,1-4H3/b13-7-. The molecule has 0 fully saturated rings. The lowest BCUT2D eigenvalue weighted by Crippen LogP contribution is -2.13. The molecule has 2 nitrogen and oxygen atoms in total. The molecule has 0 amide bonds. The first-order valence-electron chi connectivity index (χ1n) is 5.41. The third kappa shape index (κ3) is 3.84. The molecule has 0 aliphatic rings. The maximum absolute atomic E-state index is 4.29. The molecule has 82 valence electrons. The number of pyridine rings is 1. The minimum Gasteiger partial charge on any atom is -0.316 e. The second kappa shape index (κ2) is 5.66. The van der Waals surface area contributed by atoms with Crippen LogP contribution in [0.15, 0.2) is 23.9 Å². The van der Waals surface area contributed by atoms with E-state index in [4.69, 9.17) is 0 Å². The molecular formula is C13H20N2. The summed E-state index contributed by atoms with van der Waals surface area (Å²) < 4.78 is 0. The van der Waals surface area contributed by atoms with E-state index in [1.807, 2.05) is 26.2 Å². The molecule has 0 spiro atoms. The van der Waals surface area contributed by atoms with Gasteiger partial charge in [0.15, 0.2) is 0 Å². The summed E-state index contributed by atoms with van der Waals surface area (Å²) in [6, 6.07) is 4.16. The van der Waals surface area contributed by atoms with Crippen molar-refractivity contribution in [3.8, 4) is 0 Å². The molecule has 0 aromatic carbocycles. The Hall–Kier alpha value is -1.15. The maximum Gasteiger partial charge on any atom is 0.0373 e. The molecular weight excluding hydrogens is 184 g/mol. The van der Waals surface area contributed by atoms with Crippen molar-refractivity contribution in [2.75, 3.05) is 13.6 Å². The third-order valence-electron chi connectivity index (χ3n) is 2.41. The average Bonchev–Trinajstić information content (AvgIpc) is 2.20. The van der Waals surface area contributed by atoms with Crippen LogP contribution in [0.5, 0.6) is 0 Å². The van der Waals surface area contributed by atoms with Gasteiger partial charge in [0.25, 0.3) is 0 Å². The van der Waals surface area contributed by atoms with Crippen molar-refractivity contribution < 1.29 is 0 Å². The van der Waals surface area contributed by atoms with Gasteiger partial charge in [-0.2, -0.15) is 0 Å². The van der Waals surface area contributed by atoms with E-state index in [1.165, 1.54) is 11.1 Å². The van der Waals surface area contributed by atoms with Crippen LogP contribution in [0.4, 0.5) is 0 Å². The monoisotopic (exact) mass is 204 g/mol. The topological polar surface area (TPSA) is 24.9 Å². The Labute approximate surface area is 92.4 Å². The van der Waals surface area contributed by atoms with E-state index in [9.17, 15) is 0 Å².